The lowest BCUT2D eigenvalue weighted by molar-refractivity contribution is -0.135. The van der Waals surface area contributed by atoms with E-state index in [4.69, 9.17) is 9.63 Å². The predicted octanol–water partition coefficient (Wildman–Crippen LogP) is 2.74. The van der Waals surface area contributed by atoms with E-state index >= 15 is 0 Å². The molecule has 2 saturated heterocycles. The minimum absolute atomic E-state index is 0.140. The molecule has 0 radical (unpaired) electrons. The van der Waals surface area contributed by atoms with E-state index < -0.39 is 12.4 Å². The van der Waals surface area contributed by atoms with Crippen LogP contribution in [-0.4, -0.2) is 79.6 Å². The van der Waals surface area contributed by atoms with E-state index in [-0.39, 0.29) is 17.8 Å². The number of hydrogen-bond acceptors (Lipinski definition) is 7. The highest BCUT2D eigenvalue weighted by Gasteiger charge is 2.32. The first-order valence-electron chi connectivity index (χ1n) is 11.8. The van der Waals surface area contributed by atoms with Gasteiger partial charge in [-0.2, -0.15) is 14.8 Å². The summed E-state index contributed by atoms with van der Waals surface area (Å²) in [7, 11) is 0. The molecular weight excluding hydrogens is 439 g/mol. The third-order valence-corrected chi connectivity index (χ3v) is 7.03. The number of likely N-dealkylation sites (tertiary alicyclic amines) is 2. The largest absolute Gasteiger partial charge is 0.387 e. The highest BCUT2D eigenvalue weighted by atomic mass is 19.1. The van der Waals surface area contributed by atoms with Crippen molar-refractivity contribution in [2.75, 3.05) is 32.8 Å². The Morgan fingerprint density at radius 3 is 2.62 bits per heavy atom. The number of amides is 1. The lowest BCUT2D eigenvalue weighted by Gasteiger charge is -2.41. The van der Waals surface area contributed by atoms with Crippen LogP contribution in [0.1, 0.15) is 50.1 Å². The number of aliphatic hydroxyl groups is 1. The maximum atomic E-state index is 14.7. The second kappa shape index (κ2) is 9.27. The predicted molar refractivity (Wildman–Crippen MR) is 124 cm³/mol. The minimum atomic E-state index is -0.419. The number of nitrogens with zero attached hydrogens (tertiary/aromatic N) is 6. The van der Waals surface area contributed by atoms with Gasteiger partial charge in [0.2, 0.25) is 11.8 Å². The first-order chi connectivity index (χ1) is 16.5. The molecule has 1 amide bonds. The molecule has 180 valence electrons. The number of piperidine rings is 2. The fraction of sp³-hybridized carbons (Fsp3) is 0.500. The van der Waals surface area contributed by atoms with E-state index in [1.54, 1.807) is 11.0 Å². The highest BCUT2D eigenvalue weighted by molar-refractivity contribution is 5.91. The van der Waals surface area contributed by atoms with Gasteiger partial charge in [-0.05, 0) is 62.5 Å². The number of halogens is 1. The van der Waals surface area contributed by atoms with Crippen molar-refractivity contribution in [3.63, 3.8) is 0 Å². The number of hydrogen-bond donors (Lipinski definition) is 1. The molecule has 0 saturated carbocycles. The van der Waals surface area contributed by atoms with Gasteiger partial charge in [0.15, 0.2) is 0 Å². The van der Waals surface area contributed by atoms with Gasteiger partial charge in [0.1, 0.15) is 17.9 Å². The van der Waals surface area contributed by atoms with Crippen molar-refractivity contribution >= 4 is 22.4 Å². The number of carbonyl (C=O) groups is 1. The zero-order chi connectivity index (χ0) is 23.8. The topological polar surface area (TPSA) is 101 Å². The van der Waals surface area contributed by atoms with E-state index in [9.17, 15) is 9.18 Å². The Morgan fingerprint density at radius 1 is 1.21 bits per heavy atom. The first-order valence-corrected chi connectivity index (χ1v) is 11.8. The Hall–Kier alpha value is -3.11. The van der Waals surface area contributed by atoms with Crippen molar-refractivity contribution in [1.29, 1.82) is 0 Å². The molecule has 0 atom stereocenters. The molecule has 1 N–H and O–H groups in total. The van der Waals surface area contributed by atoms with Crippen molar-refractivity contribution in [2.24, 2.45) is 0 Å². The van der Waals surface area contributed by atoms with E-state index in [1.807, 2.05) is 13.0 Å². The van der Waals surface area contributed by atoms with Crippen LogP contribution < -0.4 is 0 Å². The Labute approximate surface area is 196 Å². The van der Waals surface area contributed by atoms with Gasteiger partial charge in [0.05, 0.1) is 5.69 Å². The van der Waals surface area contributed by atoms with Gasteiger partial charge >= 0.3 is 0 Å². The molecule has 0 spiro atoms. The number of benzene rings is 1. The van der Waals surface area contributed by atoms with Gasteiger partial charge in [-0.25, -0.2) is 4.39 Å². The molecule has 2 fully saturated rings. The van der Waals surface area contributed by atoms with E-state index in [0.29, 0.717) is 41.6 Å². The SMILES string of the molecule is C=C(C)c1nn(-c2noc(C3CCN(C4CCN(C(=O)CO)CC4)CC3)n2)c2c(F)cccc12. The van der Waals surface area contributed by atoms with Crippen LogP contribution in [-0.2, 0) is 4.79 Å². The number of carbonyl (C=O) groups excluding carboxylic acids is 1. The Balaban J connectivity index is 1.27. The molecule has 0 aliphatic carbocycles. The van der Waals surface area contributed by atoms with Crippen molar-refractivity contribution in [1.82, 2.24) is 29.7 Å². The number of para-hydroxylation sites is 1. The summed E-state index contributed by atoms with van der Waals surface area (Å²) >= 11 is 0. The molecule has 34 heavy (non-hydrogen) atoms. The lowest BCUT2D eigenvalue weighted by Crippen LogP contribution is -2.49. The van der Waals surface area contributed by atoms with E-state index in [0.717, 1.165) is 44.3 Å². The van der Waals surface area contributed by atoms with Crippen molar-refractivity contribution < 1.29 is 18.8 Å². The van der Waals surface area contributed by atoms with Gasteiger partial charge in [-0.3, -0.25) is 4.79 Å². The summed E-state index contributed by atoms with van der Waals surface area (Å²) in [6, 6.07) is 5.30. The van der Waals surface area contributed by atoms with Crippen LogP contribution in [0.3, 0.4) is 0 Å². The monoisotopic (exact) mass is 468 g/mol. The van der Waals surface area contributed by atoms with Crippen LogP contribution in [0.5, 0.6) is 0 Å². The molecule has 9 nitrogen and oxygen atoms in total. The molecule has 5 rings (SSSR count). The minimum Gasteiger partial charge on any atom is -0.387 e. The van der Waals surface area contributed by atoms with Crippen molar-refractivity contribution in [3.8, 4) is 5.95 Å². The molecule has 0 bridgehead atoms. The summed E-state index contributed by atoms with van der Waals surface area (Å²) in [6.07, 6.45) is 3.62. The fourth-order valence-corrected chi connectivity index (χ4v) is 5.16. The second-order valence-corrected chi connectivity index (χ2v) is 9.19. The van der Waals surface area contributed by atoms with Crippen molar-refractivity contribution in [3.05, 3.63) is 42.2 Å². The number of fused-ring (bicyclic) bond motifs is 1. The summed E-state index contributed by atoms with van der Waals surface area (Å²) in [4.78, 5) is 20.5. The molecule has 2 aliphatic heterocycles. The quantitative estimate of drug-likeness (QED) is 0.615. The van der Waals surface area contributed by atoms with Gasteiger partial charge < -0.3 is 19.4 Å². The van der Waals surface area contributed by atoms with Crippen LogP contribution >= 0.6 is 0 Å². The van der Waals surface area contributed by atoms with Crippen LogP contribution in [0.15, 0.2) is 29.3 Å². The van der Waals surface area contributed by atoms with Gasteiger partial charge in [0, 0.05) is 30.4 Å². The molecular formula is C24H29FN6O3. The van der Waals surface area contributed by atoms with Crippen LogP contribution in [0.4, 0.5) is 4.39 Å². The molecule has 2 aromatic heterocycles. The molecule has 1 aromatic carbocycles. The van der Waals surface area contributed by atoms with Crippen LogP contribution in [0.25, 0.3) is 22.4 Å². The zero-order valence-corrected chi connectivity index (χ0v) is 19.3. The Bertz CT molecular complexity index is 1200. The number of allylic oxidation sites excluding steroid dienone is 1. The Kier molecular flexibility index (Phi) is 6.18. The molecule has 3 aromatic rings. The standard InChI is InChI=1S/C24H29FN6O3/c1-15(2)21-18-4-3-5-19(25)22(18)31(27-21)24-26-23(34-28-24)16-6-10-29(11-7-16)17-8-12-30(13-9-17)20(33)14-32/h3-5,16-17,32H,1,6-14H2,2H3. The van der Waals surface area contributed by atoms with E-state index in [2.05, 4.69) is 26.7 Å². The number of aromatic nitrogens is 4. The normalized spacial score (nSPS) is 18.6. The molecule has 0 unspecified atom stereocenters. The third kappa shape index (κ3) is 4.12. The lowest BCUT2D eigenvalue weighted by atomic mass is 9.93. The van der Waals surface area contributed by atoms with Gasteiger partial charge in [-0.1, -0.05) is 18.7 Å². The van der Waals surface area contributed by atoms with Crippen LogP contribution in [0.2, 0.25) is 0 Å². The van der Waals surface area contributed by atoms with Crippen LogP contribution in [0, 0.1) is 5.82 Å². The first kappa shape index (κ1) is 22.7. The zero-order valence-electron chi connectivity index (χ0n) is 19.3. The second-order valence-electron chi connectivity index (χ2n) is 9.19. The average molecular weight is 469 g/mol. The molecule has 10 heteroatoms. The molecule has 2 aliphatic rings. The summed E-state index contributed by atoms with van der Waals surface area (Å²) in [5.41, 5.74) is 1.66. The van der Waals surface area contributed by atoms with Crippen molar-refractivity contribution in [2.45, 2.75) is 44.6 Å². The summed E-state index contributed by atoms with van der Waals surface area (Å²) in [5, 5.41) is 18.4. The number of rotatable bonds is 5. The van der Waals surface area contributed by atoms with Gasteiger partial charge in [0.25, 0.3) is 5.95 Å². The van der Waals surface area contributed by atoms with E-state index in [1.165, 1.54) is 10.7 Å². The fourth-order valence-electron chi connectivity index (χ4n) is 5.16. The summed E-state index contributed by atoms with van der Waals surface area (Å²) in [6.45, 7) is 8.59. The summed E-state index contributed by atoms with van der Waals surface area (Å²) in [5.74, 6) is 0.324. The maximum Gasteiger partial charge on any atom is 0.291 e. The average Bonchev–Trinajstić information content (AvgIpc) is 3.50. The smallest absolute Gasteiger partial charge is 0.291 e. The maximum absolute atomic E-state index is 14.7. The third-order valence-electron chi connectivity index (χ3n) is 7.03. The Morgan fingerprint density at radius 2 is 1.94 bits per heavy atom. The van der Waals surface area contributed by atoms with Gasteiger partial charge in [-0.15, -0.1) is 0 Å². The number of aliphatic hydroxyl groups excluding tert-OH is 1. The highest BCUT2D eigenvalue weighted by Crippen LogP contribution is 2.31. The summed E-state index contributed by atoms with van der Waals surface area (Å²) < 4.78 is 21.7. The molecule has 4 heterocycles.